The van der Waals surface area contributed by atoms with Crippen LogP contribution in [-0.2, 0) is 22.6 Å². The molecule has 2 rings (SSSR count). The fourth-order valence-electron chi connectivity index (χ4n) is 1.70. The summed E-state index contributed by atoms with van der Waals surface area (Å²) in [6, 6.07) is 8.73. The molecule has 6 nitrogen and oxygen atoms in total. The average Bonchev–Trinajstić information content (AvgIpc) is 2.87. The van der Waals surface area contributed by atoms with Gasteiger partial charge in [0.1, 0.15) is 12.6 Å². The summed E-state index contributed by atoms with van der Waals surface area (Å²) in [7, 11) is 1.56. The number of hydrogen-bond donors (Lipinski definition) is 2. The molecule has 1 aromatic heterocycles. The molecule has 1 heterocycles. The molecule has 2 N–H and O–H groups in total. The van der Waals surface area contributed by atoms with Gasteiger partial charge in [-0.3, -0.25) is 0 Å². The predicted molar refractivity (Wildman–Crippen MR) is 75.8 cm³/mol. The van der Waals surface area contributed by atoms with E-state index in [-0.39, 0.29) is 0 Å². The maximum Gasteiger partial charge on any atom is 0.326 e. The highest BCUT2D eigenvalue weighted by molar-refractivity contribution is 7.09. The fourth-order valence-corrected chi connectivity index (χ4v) is 2.33. The second kappa shape index (κ2) is 6.97. The molecule has 0 aliphatic heterocycles. The van der Waals surface area contributed by atoms with Gasteiger partial charge in [-0.05, 0) is 5.56 Å². The molecule has 0 radical (unpaired) electrons. The van der Waals surface area contributed by atoms with Gasteiger partial charge in [-0.25, -0.2) is 9.78 Å². The van der Waals surface area contributed by atoms with Crippen molar-refractivity contribution in [1.29, 1.82) is 0 Å². The molecule has 7 heteroatoms. The fraction of sp³-hybridized carbons (Fsp3) is 0.308. The third kappa shape index (κ3) is 4.01. The van der Waals surface area contributed by atoms with Crippen molar-refractivity contribution in [3.63, 3.8) is 0 Å². The second-order valence-electron chi connectivity index (χ2n) is 4.17. The normalized spacial score (nSPS) is 12.1. The van der Waals surface area contributed by atoms with E-state index in [9.17, 15) is 9.90 Å². The van der Waals surface area contributed by atoms with Gasteiger partial charge in [0.05, 0.1) is 0 Å². The molecule has 1 aromatic carbocycles. The van der Waals surface area contributed by atoms with Crippen LogP contribution in [0.15, 0.2) is 30.3 Å². The quantitative estimate of drug-likeness (QED) is 0.809. The lowest BCUT2D eigenvalue weighted by Crippen LogP contribution is -2.31. The number of ether oxygens (including phenoxy) is 1. The van der Waals surface area contributed by atoms with E-state index in [0.29, 0.717) is 24.0 Å². The topological polar surface area (TPSA) is 84.3 Å². The molecular weight excluding hydrogens is 278 g/mol. The minimum absolute atomic E-state index is 0.314. The number of aromatic nitrogens is 2. The molecule has 0 fully saturated rings. The van der Waals surface area contributed by atoms with Crippen LogP contribution in [0.4, 0.5) is 5.13 Å². The van der Waals surface area contributed by atoms with Crippen LogP contribution in [0.1, 0.15) is 11.4 Å². The van der Waals surface area contributed by atoms with Crippen LogP contribution in [0.2, 0.25) is 0 Å². The van der Waals surface area contributed by atoms with Crippen molar-refractivity contribution in [1.82, 2.24) is 9.36 Å². The molecule has 0 saturated heterocycles. The Bertz CT molecular complexity index is 559. The van der Waals surface area contributed by atoms with Crippen molar-refractivity contribution in [3.05, 3.63) is 41.7 Å². The van der Waals surface area contributed by atoms with Crippen LogP contribution >= 0.6 is 11.5 Å². The molecule has 0 bridgehead atoms. The van der Waals surface area contributed by atoms with Crippen LogP contribution in [0.3, 0.4) is 0 Å². The number of nitrogens with zero attached hydrogens (tertiary/aromatic N) is 2. The Balaban J connectivity index is 2.03. The van der Waals surface area contributed by atoms with E-state index in [1.165, 1.54) is 0 Å². The Kier molecular flexibility index (Phi) is 5.03. The van der Waals surface area contributed by atoms with Gasteiger partial charge in [-0.15, -0.1) is 0 Å². The first-order valence-electron chi connectivity index (χ1n) is 6.04. The number of carboxylic acid groups (broad SMARTS) is 1. The van der Waals surface area contributed by atoms with E-state index in [1.807, 2.05) is 30.3 Å². The molecule has 20 heavy (non-hydrogen) atoms. The largest absolute Gasteiger partial charge is 0.480 e. The van der Waals surface area contributed by atoms with Crippen LogP contribution in [0.25, 0.3) is 0 Å². The maximum absolute atomic E-state index is 11.3. The number of rotatable bonds is 7. The SMILES string of the molecule is COCc1nsc(N[C@@H](Cc2ccccc2)C(=O)O)n1. The van der Waals surface area contributed by atoms with Crippen molar-refractivity contribution < 1.29 is 14.6 Å². The van der Waals surface area contributed by atoms with Crippen LogP contribution in [-0.4, -0.2) is 33.6 Å². The van der Waals surface area contributed by atoms with E-state index < -0.39 is 12.0 Å². The van der Waals surface area contributed by atoms with Gasteiger partial charge in [0.15, 0.2) is 5.82 Å². The van der Waals surface area contributed by atoms with Crippen molar-refractivity contribution >= 4 is 22.6 Å². The summed E-state index contributed by atoms with van der Waals surface area (Å²) in [5, 5.41) is 12.7. The number of nitrogens with one attached hydrogen (secondary N) is 1. The standard InChI is InChI=1S/C13H15N3O3S/c1-19-8-11-15-13(20-16-11)14-10(12(17)18)7-9-5-3-2-4-6-9/h2-6,10H,7-8H2,1H3,(H,17,18)(H,14,15,16)/t10-/m0/s1. The highest BCUT2D eigenvalue weighted by Gasteiger charge is 2.19. The molecule has 0 saturated carbocycles. The summed E-state index contributed by atoms with van der Waals surface area (Å²) < 4.78 is 9.00. The van der Waals surface area contributed by atoms with Gasteiger partial charge in [0, 0.05) is 25.1 Å². The Morgan fingerprint density at radius 2 is 2.20 bits per heavy atom. The predicted octanol–water partition coefficient (Wildman–Crippen LogP) is 1.79. The van der Waals surface area contributed by atoms with E-state index in [0.717, 1.165) is 17.1 Å². The van der Waals surface area contributed by atoms with Gasteiger partial charge < -0.3 is 15.2 Å². The number of benzene rings is 1. The van der Waals surface area contributed by atoms with Gasteiger partial charge >= 0.3 is 5.97 Å². The maximum atomic E-state index is 11.3. The van der Waals surface area contributed by atoms with Gasteiger partial charge in [0.2, 0.25) is 5.13 Å². The van der Waals surface area contributed by atoms with E-state index in [4.69, 9.17) is 4.74 Å². The highest BCUT2D eigenvalue weighted by atomic mass is 32.1. The summed E-state index contributed by atoms with van der Waals surface area (Å²) in [6.07, 6.45) is 0.384. The summed E-state index contributed by atoms with van der Waals surface area (Å²) in [4.78, 5) is 15.5. The molecule has 1 atom stereocenters. The summed E-state index contributed by atoms with van der Waals surface area (Å²) in [5.74, 6) is -0.374. The Morgan fingerprint density at radius 3 is 2.85 bits per heavy atom. The van der Waals surface area contributed by atoms with Crippen molar-refractivity contribution in [2.24, 2.45) is 0 Å². The van der Waals surface area contributed by atoms with Crippen LogP contribution in [0.5, 0.6) is 0 Å². The first-order valence-corrected chi connectivity index (χ1v) is 6.81. The number of methoxy groups -OCH3 is 1. The van der Waals surface area contributed by atoms with Crippen LogP contribution < -0.4 is 5.32 Å². The third-order valence-corrected chi connectivity index (χ3v) is 3.30. The lowest BCUT2D eigenvalue weighted by atomic mass is 10.1. The lowest BCUT2D eigenvalue weighted by molar-refractivity contribution is -0.137. The minimum Gasteiger partial charge on any atom is -0.480 e. The van der Waals surface area contributed by atoms with E-state index >= 15 is 0 Å². The summed E-state index contributed by atoms with van der Waals surface area (Å²) >= 11 is 1.13. The zero-order valence-corrected chi connectivity index (χ0v) is 11.8. The van der Waals surface area contributed by atoms with Crippen molar-refractivity contribution in [3.8, 4) is 0 Å². The number of carboxylic acids is 1. The Labute approximate surface area is 120 Å². The van der Waals surface area contributed by atoms with Crippen molar-refractivity contribution in [2.45, 2.75) is 19.1 Å². The van der Waals surface area contributed by atoms with Gasteiger partial charge in [-0.2, -0.15) is 4.37 Å². The summed E-state index contributed by atoms with van der Waals surface area (Å²) in [5.41, 5.74) is 0.953. The monoisotopic (exact) mass is 293 g/mol. The van der Waals surface area contributed by atoms with Crippen LogP contribution in [0, 0.1) is 0 Å². The Morgan fingerprint density at radius 1 is 1.45 bits per heavy atom. The molecule has 106 valence electrons. The molecular formula is C13H15N3O3S. The molecule has 0 aliphatic rings. The molecule has 2 aromatic rings. The minimum atomic E-state index is -0.919. The van der Waals surface area contributed by atoms with Gasteiger partial charge in [0.25, 0.3) is 0 Å². The van der Waals surface area contributed by atoms with Gasteiger partial charge in [-0.1, -0.05) is 30.3 Å². The Hall–Kier alpha value is -1.99. The van der Waals surface area contributed by atoms with E-state index in [1.54, 1.807) is 7.11 Å². The lowest BCUT2D eigenvalue weighted by Gasteiger charge is -2.13. The molecule has 0 amide bonds. The molecule has 0 aliphatic carbocycles. The van der Waals surface area contributed by atoms with E-state index in [2.05, 4.69) is 14.7 Å². The zero-order chi connectivity index (χ0) is 14.4. The first kappa shape index (κ1) is 14.4. The molecule has 0 spiro atoms. The smallest absolute Gasteiger partial charge is 0.326 e. The number of aliphatic carboxylic acids is 1. The summed E-state index contributed by atoms with van der Waals surface area (Å²) in [6.45, 7) is 0.314. The third-order valence-electron chi connectivity index (χ3n) is 2.62. The second-order valence-corrected chi connectivity index (χ2v) is 4.93. The number of anilines is 1. The zero-order valence-electron chi connectivity index (χ0n) is 10.9. The first-order chi connectivity index (χ1) is 9.69. The number of carbonyl (C=O) groups is 1. The number of hydrogen-bond acceptors (Lipinski definition) is 6. The van der Waals surface area contributed by atoms with Crippen molar-refractivity contribution in [2.75, 3.05) is 12.4 Å². The average molecular weight is 293 g/mol. The highest BCUT2D eigenvalue weighted by Crippen LogP contribution is 2.15. The molecule has 0 unspecified atom stereocenters.